The fraction of sp³-hybridized carbons (Fsp3) is 0.700. The van der Waals surface area contributed by atoms with Crippen LogP contribution in [0.15, 0.2) is 12.4 Å². The minimum absolute atomic E-state index is 0.0129. The molecular weight excluding hydrogens is 162 g/mol. The molecule has 74 valence electrons. The van der Waals surface area contributed by atoms with Crippen molar-refractivity contribution in [2.24, 2.45) is 5.73 Å². The van der Waals surface area contributed by atoms with E-state index in [1.165, 1.54) is 0 Å². The molecule has 1 rings (SSSR count). The van der Waals surface area contributed by atoms with Crippen molar-refractivity contribution < 1.29 is 0 Å². The fourth-order valence-corrected chi connectivity index (χ4v) is 1.39. The van der Waals surface area contributed by atoms with Crippen LogP contribution >= 0.6 is 0 Å². The summed E-state index contributed by atoms with van der Waals surface area (Å²) in [5.41, 5.74) is 5.70. The van der Waals surface area contributed by atoms with Gasteiger partial charge in [0.05, 0.1) is 5.54 Å². The van der Waals surface area contributed by atoms with Gasteiger partial charge >= 0.3 is 0 Å². The quantitative estimate of drug-likeness (QED) is 0.765. The van der Waals surface area contributed by atoms with Gasteiger partial charge in [0.1, 0.15) is 5.82 Å². The van der Waals surface area contributed by atoms with Crippen molar-refractivity contribution in [3.63, 3.8) is 0 Å². The van der Waals surface area contributed by atoms with Crippen LogP contribution in [0.4, 0.5) is 0 Å². The summed E-state index contributed by atoms with van der Waals surface area (Å²) in [6, 6.07) is 0. The van der Waals surface area contributed by atoms with Gasteiger partial charge in [0.15, 0.2) is 0 Å². The Bertz CT molecular complexity index is 263. The summed E-state index contributed by atoms with van der Waals surface area (Å²) in [5.74, 6) is 1.14. The van der Waals surface area contributed by atoms with E-state index in [0.717, 1.165) is 18.7 Å². The van der Waals surface area contributed by atoms with E-state index in [9.17, 15) is 0 Å². The molecule has 3 heteroatoms. The van der Waals surface area contributed by atoms with Gasteiger partial charge in [-0.2, -0.15) is 0 Å². The van der Waals surface area contributed by atoms with Crippen molar-refractivity contribution in [2.75, 3.05) is 6.54 Å². The Balaban J connectivity index is 2.93. The van der Waals surface area contributed by atoms with Crippen LogP contribution in [0.3, 0.4) is 0 Å². The molecule has 0 radical (unpaired) electrons. The SMILES string of the molecule is CCCc1nccn1C(C)(C)CN. The zero-order valence-electron chi connectivity index (χ0n) is 8.75. The maximum absolute atomic E-state index is 5.71. The lowest BCUT2D eigenvalue weighted by Crippen LogP contribution is -2.35. The lowest BCUT2D eigenvalue weighted by atomic mass is 10.1. The Morgan fingerprint density at radius 3 is 2.77 bits per heavy atom. The number of hydrogen-bond donors (Lipinski definition) is 1. The second-order valence-corrected chi connectivity index (χ2v) is 3.98. The molecule has 0 spiro atoms. The van der Waals surface area contributed by atoms with E-state index in [0.29, 0.717) is 6.54 Å². The normalized spacial score (nSPS) is 12.0. The summed E-state index contributed by atoms with van der Waals surface area (Å²) in [6.07, 6.45) is 6.01. The second-order valence-electron chi connectivity index (χ2n) is 3.98. The molecule has 0 amide bonds. The second kappa shape index (κ2) is 3.92. The molecule has 0 aromatic carbocycles. The number of imidazole rings is 1. The van der Waals surface area contributed by atoms with Crippen molar-refractivity contribution in [3.8, 4) is 0 Å². The molecule has 13 heavy (non-hydrogen) atoms. The molecule has 0 saturated heterocycles. The van der Waals surface area contributed by atoms with E-state index in [4.69, 9.17) is 5.73 Å². The van der Waals surface area contributed by atoms with E-state index in [1.54, 1.807) is 0 Å². The molecule has 0 unspecified atom stereocenters. The van der Waals surface area contributed by atoms with Gasteiger partial charge in [0, 0.05) is 25.4 Å². The molecule has 1 heterocycles. The summed E-state index contributed by atoms with van der Waals surface area (Å²) in [6.45, 7) is 7.07. The van der Waals surface area contributed by atoms with Crippen LogP contribution in [0.25, 0.3) is 0 Å². The smallest absolute Gasteiger partial charge is 0.109 e. The standard InChI is InChI=1S/C10H19N3/c1-4-5-9-12-6-7-13(9)10(2,3)8-11/h6-7H,4-5,8,11H2,1-3H3. The maximum Gasteiger partial charge on any atom is 0.109 e. The molecule has 3 nitrogen and oxygen atoms in total. The highest BCUT2D eigenvalue weighted by Crippen LogP contribution is 2.16. The van der Waals surface area contributed by atoms with Gasteiger partial charge in [0.25, 0.3) is 0 Å². The third-order valence-corrected chi connectivity index (χ3v) is 2.34. The Morgan fingerprint density at radius 1 is 1.54 bits per heavy atom. The molecule has 0 saturated carbocycles. The number of aryl methyl sites for hydroxylation is 1. The van der Waals surface area contributed by atoms with Gasteiger partial charge in [-0.15, -0.1) is 0 Å². The van der Waals surface area contributed by atoms with Crippen molar-refractivity contribution >= 4 is 0 Å². The van der Waals surface area contributed by atoms with E-state index in [1.807, 2.05) is 12.4 Å². The highest BCUT2D eigenvalue weighted by atomic mass is 15.1. The van der Waals surface area contributed by atoms with Crippen molar-refractivity contribution in [3.05, 3.63) is 18.2 Å². The molecule has 0 aliphatic rings. The first-order valence-corrected chi connectivity index (χ1v) is 4.84. The summed E-state index contributed by atoms with van der Waals surface area (Å²) in [7, 11) is 0. The first-order chi connectivity index (χ1) is 6.11. The minimum atomic E-state index is -0.0129. The third kappa shape index (κ3) is 2.10. The summed E-state index contributed by atoms with van der Waals surface area (Å²) in [4.78, 5) is 4.33. The third-order valence-electron chi connectivity index (χ3n) is 2.34. The Hall–Kier alpha value is -0.830. The average molecular weight is 181 g/mol. The van der Waals surface area contributed by atoms with Gasteiger partial charge in [-0.1, -0.05) is 6.92 Å². The molecule has 0 aliphatic carbocycles. The highest BCUT2D eigenvalue weighted by molar-refractivity contribution is 4.99. The maximum atomic E-state index is 5.71. The van der Waals surface area contributed by atoms with Crippen LogP contribution in [-0.4, -0.2) is 16.1 Å². The van der Waals surface area contributed by atoms with Gasteiger partial charge in [-0.25, -0.2) is 4.98 Å². The van der Waals surface area contributed by atoms with Gasteiger partial charge in [-0.3, -0.25) is 0 Å². The van der Waals surface area contributed by atoms with Crippen molar-refractivity contribution in [2.45, 2.75) is 39.2 Å². The van der Waals surface area contributed by atoms with E-state index < -0.39 is 0 Å². The Labute approximate surface area is 80.0 Å². The lowest BCUT2D eigenvalue weighted by Gasteiger charge is -2.26. The first kappa shape index (κ1) is 10.3. The predicted molar refractivity (Wildman–Crippen MR) is 54.6 cm³/mol. The van der Waals surface area contributed by atoms with E-state index in [2.05, 4.69) is 30.3 Å². The van der Waals surface area contributed by atoms with Gasteiger partial charge in [0.2, 0.25) is 0 Å². The van der Waals surface area contributed by atoms with E-state index >= 15 is 0 Å². The summed E-state index contributed by atoms with van der Waals surface area (Å²) >= 11 is 0. The fourth-order valence-electron chi connectivity index (χ4n) is 1.39. The van der Waals surface area contributed by atoms with Crippen LogP contribution < -0.4 is 5.73 Å². The topological polar surface area (TPSA) is 43.8 Å². The van der Waals surface area contributed by atoms with Crippen molar-refractivity contribution in [1.82, 2.24) is 9.55 Å². The zero-order valence-corrected chi connectivity index (χ0v) is 8.75. The molecule has 1 aromatic heterocycles. The Kier molecular flexibility index (Phi) is 3.09. The van der Waals surface area contributed by atoms with Gasteiger partial charge < -0.3 is 10.3 Å². The van der Waals surface area contributed by atoms with Crippen molar-refractivity contribution in [1.29, 1.82) is 0 Å². The average Bonchev–Trinajstić information content (AvgIpc) is 2.54. The summed E-state index contributed by atoms with van der Waals surface area (Å²) in [5, 5.41) is 0. The number of nitrogens with zero attached hydrogens (tertiary/aromatic N) is 2. The molecule has 0 bridgehead atoms. The molecule has 2 N–H and O–H groups in total. The molecule has 1 aromatic rings. The predicted octanol–water partition coefficient (Wildman–Crippen LogP) is 1.53. The summed E-state index contributed by atoms with van der Waals surface area (Å²) < 4.78 is 2.18. The Morgan fingerprint density at radius 2 is 2.23 bits per heavy atom. The van der Waals surface area contributed by atoms with Crippen LogP contribution in [0.1, 0.15) is 33.0 Å². The van der Waals surface area contributed by atoms with Crippen LogP contribution in [0, 0.1) is 0 Å². The lowest BCUT2D eigenvalue weighted by molar-refractivity contribution is 0.354. The number of rotatable bonds is 4. The van der Waals surface area contributed by atoms with Crippen LogP contribution in [-0.2, 0) is 12.0 Å². The molecule has 0 fully saturated rings. The highest BCUT2D eigenvalue weighted by Gasteiger charge is 2.19. The first-order valence-electron chi connectivity index (χ1n) is 4.84. The number of aromatic nitrogens is 2. The largest absolute Gasteiger partial charge is 0.328 e. The van der Waals surface area contributed by atoms with Crippen LogP contribution in [0.2, 0.25) is 0 Å². The van der Waals surface area contributed by atoms with Gasteiger partial charge in [-0.05, 0) is 20.3 Å². The molecular formula is C10H19N3. The zero-order chi connectivity index (χ0) is 9.90. The van der Waals surface area contributed by atoms with Crippen LogP contribution in [0.5, 0.6) is 0 Å². The van der Waals surface area contributed by atoms with E-state index in [-0.39, 0.29) is 5.54 Å². The molecule has 0 atom stereocenters. The molecule has 0 aliphatic heterocycles. The number of nitrogens with two attached hydrogens (primary N) is 1. The minimum Gasteiger partial charge on any atom is -0.328 e. The monoisotopic (exact) mass is 181 g/mol. The number of hydrogen-bond acceptors (Lipinski definition) is 2.